The smallest absolute Gasteiger partial charge is 0.109 e. The highest BCUT2D eigenvalue weighted by molar-refractivity contribution is 4.82. The van der Waals surface area contributed by atoms with E-state index in [9.17, 15) is 0 Å². The minimum Gasteiger partial charge on any atom is -0.379 e. The highest BCUT2D eigenvalue weighted by Gasteiger charge is 2.32. The van der Waals surface area contributed by atoms with E-state index in [-0.39, 0.29) is 18.3 Å². The van der Waals surface area contributed by atoms with Crippen molar-refractivity contribution in [3.8, 4) is 0 Å². The second-order valence-electron chi connectivity index (χ2n) is 3.75. The molecule has 0 spiro atoms. The first kappa shape index (κ1) is 12.0. The Balaban J connectivity index is 2.59. The van der Waals surface area contributed by atoms with Gasteiger partial charge in [-0.2, -0.15) is 0 Å². The van der Waals surface area contributed by atoms with Crippen LogP contribution in [0.5, 0.6) is 0 Å². The maximum absolute atomic E-state index is 5.69. The molecule has 0 aliphatic heterocycles. The summed E-state index contributed by atoms with van der Waals surface area (Å²) in [5, 5.41) is 0. The molecule has 0 heterocycles. The monoisotopic (exact) mass is 202 g/mol. The molecule has 1 aliphatic carbocycles. The first-order chi connectivity index (χ1) is 6.83. The molecular formula is C11H22O3. The number of ether oxygens (including phenoxy) is 3. The Morgan fingerprint density at radius 1 is 1.00 bits per heavy atom. The summed E-state index contributed by atoms with van der Waals surface area (Å²) < 4.78 is 16.6. The molecule has 84 valence electrons. The molecule has 0 aromatic rings. The van der Waals surface area contributed by atoms with Crippen molar-refractivity contribution < 1.29 is 14.2 Å². The Kier molecular flexibility index (Phi) is 5.45. The summed E-state index contributed by atoms with van der Waals surface area (Å²) >= 11 is 0. The molecule has 0 bridgehead atoms. The van der Waals surface area contributed by atoms with Gasteiger partial charge in [0, 0.05) is 20.8 Å². The van der Waals surface area contributed by atoms with Gasteiger partial charge in [-0.15, -0.1) is 0 Å². The Hall–Kier alpha value is -0.120. The topological polar surface area (TPSA) is 27.7 Å². The van der Waals surface area contributed by atoms with E-state index in [0.29, 0.717) is 0 Å². The van der Waals surface area contributed by atoms with Crippen LogP contribution in [0.1, 0.15) is 32.6 Å². The molecular weight excluding hydrogens is 180 g/mol. The van der Waals surface area contributed by atoms with Crippen LogP contribution in [0.2, 0.25) is 0 Å². The standard InChI is InChI=1S/C11H22O3/c1-4-14-10-8-6-5-7-9(12-2)11(10)13-3/h9-11H,4-8H2,1-3H3. The van der Waals surface area contributed by atoms with Gasteiger partial charge in [0.25, 0.3) is 0 Å². The van der Waals surface area contributed by atoms with Crippen LogP contribution in [-0.2, 0) is 14.2 Å². The molecule has 0 amide bonds. The molecule has 3 nitrogen and oxygen atoms in total. The van der Waals surface area contributed by atoms with Gasteiger partial charge in [-0.3, -0.25) is 0 Å². The zero-order valence-corrected chi connectivity index (χ0v) is 9.49. The summed E-state index contributed by atoms with van der Waals surface area (Å²) in [6, 6.07) is 0. The molecule has 0 aromatic heterocycles. The van der Waals surface area contributed by atoms with Gasteiger partial charge >= 0.3 is 0 Å². The lowest BCUT2D eigenvalue weighted by Crippen LogP contribution is -2.40. The molecule has 0 saturated heterocycles. The summed E-state index contributed by atoms with van der Waals surface area (Å²) in [6.45, 7) is 2.78. The van der Waals surface area contributed by atoms with Crippen molar-refractivity contribution in [3.05, 3.63) is 0 Å². The summed E-state index contributed by atoms with van der Waals surface area (Å²) in [6.07, 6.45) is 5.09. The highest BCUT2D eigenvalue weighted by atomic mass is 16.6. The van der Waals surface area contributed by atoms with E-state index in [1.54, 1.807) is 14.2 Å². The second kappa shape index (κ2) is 6.38. The largest absolute Gasteiger partial charge is 0.379 e. The van der Waals surface area contributed by atoms with Crippen molar-refractivity contribution in [2.24, 2.45) is 0 Å². The molecule has 3 unspecified atom stereocenters. The van der Waals surface area contributed by atoms with Crippen LogP contribution in [0.25, 0.3) is 0 Å². The predicted octanol–water partition coefficient (Wildman–Crippen LogP) is 2.00. The number of hydrogen-bond acceptors (Lipinski definition) is 3. The van der Waals surface area contributed by atoms with Crippen LogP contribution < -0.4 is 0 Å². The number of rotatable bonds is 4. The second-order valence-corrected chi connectivity index (χ2v) is 3.75. The van der Waals surface area contributed by atoms with Crippen LogP contribution in [-0.4, -0.2) is 39.1 Å². The molecule has 1 aliphatic rings. The quantitative estimate of drug-likeness (QED) is 0.653. The summed E-state index contributed by atoms with van der Waals surface area (Å²) in [5.41, 5.74) is 0. The van der Waals surface area contributed by atoms with Gasteiger partial charge < -0.3 is 14.2 Å². The van der Waals surface area contributed by atoms with Crippen LogP contribution in [0.4, 0.5) is 0 Å². The Bertz CT molecular complexity index is 149. The number of hydrogen-bond donors (Lipinski definition) is 0. The number of methoxy groups -OCH3 is 2. The lowest BCUT2D eigenvalue weighted by atomic mass is 10.1. The molecule has 1 fully saturated rings. The van der Waals surface area contributed by atoms with Crippen LogP contribution in [0.3, 0.4) is 0 Å². The van der Waals surface area contributed by atoms with Crippen molar-refractivity contribution in [2.45, 2.75) is 50.9 Å². The summed E-state index contributed by atoms with van der Waals surface area (Å²) in [5.74, 6) is 0. The van der Waals surface area contributed by atoms with E-state index in [4.69, 9.17) is 14.2 Å². The van der Waals surface area contributed by atoms with Crippen molar-refractivity contribution in [3.63, 3.8) is 0 Å². The molecule has 1 rings (SSSR count). The highest BCUT2D eigenvalue weighted by Crippen LogP contribution is 2.24. The maximum atomic E-state index is 5.69. The average molecular weight is 202 g/mol. The van der Waals surface area contributed by atoms with E-state index < -0.39 is 0 Å². The van der Waals surface area contributed by atoms with Crippen molar-refractivity contribution >= 4 is 0 Å². The SMILES string of the molecule is CCOC1CCCCC(OC)C1OC. The molecule has 0 aromatic carbocycles. The fourth-order valence-electron chi connectivity index (χ4n) is 2.21. The van der Waals surface area contributed by atoms with Gasteiger partial charge in [-0.1, -0.05) is 12.8 Å². The van der Waals surface area contributed by atoms with E-state index in [2.05, 4.69) is 0 Å². The first-order valence-electron chi connectivity index (χ1n) is 5.50. The zero-order valence-electron chi connectivity index (χ0n) is 9.49. The van der Waals surface area contributed by atoms with Crippen molar-refractivity contribution in [1.82, 2.24) is 0 Å². The van der Waals surface area contributed by atoms with Gasteiger partial charge in [-0.25, -0.2) is 0 Å². The zero-order chi connectivity index (χ0) is 10.4. The third-order valence-electron chi connectivity index (χ3n) is 2.92. The Morgan fingerprint density at radius 2 is 1.64 bits per heavy atom. The molecule has 0 radical (unpaired) electrons. The molecule has 3 atom stereocenters. The third-order valence-corrected chi connectivity index (χ3v) is 2.92. The lowest BCUT2D eigenvalue weighted by molar-refractivity contribution is -0.113. The minimum absolute atomic E-state index is 0.0995. The molecule has 14 heavy (non-hydrogen) atoms. The van der Waals surface area contributed by atoms with E-state index in [1.165, 1.54) is 12.8 Å². The van der Waals surface area contributed by atoms with E-state index >= 15 is 0 Å². The van der Waals surface area contributed by atoms with Gasteiger partial charge in [0.1, 0.15) is 6.10 Å². The van der Waals surface area contributed by atoms with Crippen LogP contribution in [0.15, 0.2) is 0 Å². The van der Waals surface area contributed by atoms with Gasteiger partial charge in [0.2, 0.25) is 0 Å². The van der Waals surface area contributed by atoms with E-state index in [0.717, 1.165) is 19.4 Å². The molecule has 3 heteroatoms. The minimum atomic E-state index is 0.0995. The van der Waals surface area contributed by atoms with Crippen LogP contribution in [0, 0.1) is 0 Å². The summed E-state index contributed by atoms with van der Waals surface area (Å²) in [4.78, 5) is 0. The van der Waals surface area contributed by atoms with E-state index in [1.807, 2.05) is 6.92 Å². The van der Waals surface area contributed by atoms with Crippen LogP contribution >= 0.6 is 0 Å². The fourth-order valence-corrected chi connectivity index (χ4v) is 2.21. The Morgan fingerprint density at radius 3 is 2.14 bits per heavy atom. The predicted molar refractivity (Wildman–Crippen MR) is 55.5 cm³/mol. The average Bonchev–Trinajstić information content (AvgIpc) is 2.40. The van der Waals surface area contributed by atoms with Gasteiger partial charge in [-0.05, 0) is 19.8 Å². The first-order valence-corrected chi connectivity index (χ1v) is 5.50. The van der Waals surface area contributed by atoms with Gasteiger partial charge in [0.05, 0.1) is 12.2 Å². The molecule has 0 N–H and O–H groups in total. The third kappa shape index (κ3) is 2.94. The Labute approximate surface area is 86.7 Å². The fraction of sp³-hybridized carbons (Fsp3) is 1.00. The maximum Gasteiger partial charge on any atom is 0.109 e. The lowest BCUT2D eigenvalue weighted by Gasteiger charge is -2.29. The van der Waals surface area contributed by atoms with Crippen molar-refractivity contribution in [2.75, 3.05) is 20.8 Å². The summed E-state index contributed by atoms with van der Waals surface area (Å²) in [7, 11) is 3.50. The van der Waals surface area contributed by atoms with Crippen molar-refractivity contribution in [1.29, 1.82) is 0 Å². The normalized spacial score (nSPS) is 34.1. The van der Waals surface area contributed by atoms with Gasteiger partial charge in [0.15, 0.2) is 0 Å². The molecule has 1 saturated carbocycles.